The maximum Gasteiger partial charge on any atom is 0.416 e. The Morgan fingerprint density at radius 1 is 1.12 bits per heavy atom. The average molecular weight is 334 g/mol. The van der Waals surface area contributed by atoms with E-state index in [9.17, 15) is 18.0 Å². The second-order valence-electron chi connectivity index (χ2n) is 5.71. The van der Waals surface area contributed by atoms with Crippen molar-refractivity contribution < 1.29 is 18.0 Å². The van der Waals surface area contributed by atoms with Gasteiger partial charge in [-0.3, -0.25) is 4.79 Å². The van der Waals surface area contributed by atoms with E-state index in [0.29, 0.717) is 29.8 Å². The van der Waals surface area contributed by atoms with Crippen molar-refractivity contribution in [2.24, 2.45) is 0 Å². The van der Waals surface area contributed by atoms with Gasteiger partial charge in [0.25, 0.3) is 5.91 Å². The van der Waals surface area contributed by atoms with Gasteiger partial charge in [0.2, 0.25) is 0 Å². The number of carbonyl (C=O) groups is 1. The SMILES string of the molecule is CCCN1C(=O)c2ccccc2NC1c1cccc(C(F)(F)F)c1. The Morgan fingerprint density at radius 3 is 2.58 bits per heavy atom. The van der Waals surface area contributed by atoms with Crippen molar-refractivity contribution in [3.8, 4) is 0 Å². The molecule has 3 rings (SSSR count). The van der Waals surface area contributed by atoms with E-state index in [-0.39, 0.29) is 5.91 Å². The highest BCUT2D eigenvalue weighted by Crippen LogP contribution is 2.36. The number of nitrogens with one attached hydrogen (secondary N) is 1. The Labute approximate surface area is 138 Å². The Balaban J connectivity index is 2.04. The molecule has 0 aliphatic carbocycles. The zero-order valence-electron chi connectivity index (χ0n) is 13.1. The summed E-state index contributed by atoms with van der Waals surface area (Å²) in [5.41, 5.74) is 0.872. The normalized spacial score (nSPS) is 17.4. The van der Waals surface area contributed by atoms with Crippen molar-refractivity contribution >= 4 is 11.6 Å². The minimum absolute atomic E-state index is 0.173. The first kappa shape index (κ1) is 16.4. The summed E-state index contributed by atoms with van der Waals surface area (Å²) in [4.78, 5) is 14.3. The van der Waals surface area contributed by atoms with Crippen LogP contribution >= 0.6 is 0 Å². The van der Waals surface area contributed by atoms with Crippen LogP contribution in [-0.2, 0) is 6.18 Å². The predicted octanol–water partition coefficient (Wildman–Crippen LogP) is 4.68. The van der Waals surface area contributed by atoms with Crippen molar-refractivity contribution in [1.82, 2.24) is 4.90 Å². The number of halogens is 3. The quantitative estimate of drug-likeness (QED) is 0.884. The van der Waals surface area contributed by atoms with Gasteiger partial charge in [-0.25, -0.2) is 0 Å². The summed E-state index contributed by atoms with van der Waals surface area (Å²) >= 11 is 0. The van der Waals surface area contributed by atoms with Crippen LogP contribution < -0.4 is 5.32 Å². The zero-order chi connectivity index (χ0) is 17.3. The third-order valence-corrected chi connectivity index (χ3v) is 4.02. The first-order chi connectivity index (χ1) is 11.4. The van der Waals surface area contributed by atoms with E-state index in [1.807, 2.05) is 6.92 Å². The number of nitrogens with zero attached hydrogens (tertiary/aromatic N) is 1. The molecule has 0 saturated carbocycles. The second-order valence-corrected chi connectivity index (χ2v) is 5.71. The summed E-state index contributed by atoms with van der Waals surface area (Å²) in [5, 5.41) is 3.19. The molecule has 0 spiro atoms. The Hall–Kier alpha value is -2.50. The Kier molecular flexibility index (Phi) is 4.22. The molecular formula is C18H17F3N2O. The van der Waals surface area contributed by atoms with Crippen LogP contribution in [0.1, 0.15) is 41.0 Å². The number of carbonyl (C=O) groups excluding carboxylic acids is 1. The Morgan fingerprint density at radius 2 is 1.88 bits per heavy atom. The van der Waals surface area contributed by atoms with Crippen LogP contribution in [0.2, 0.25) is 0 Å². The van der Waals surface area contributed by atoms with E-state index in [1.54, 1.807) is 35.2 Å². The van der Waals surface area contributed by atoms with Crippen molar-refractivity contribution in [2.75, 3.05) is 11.9 Å². The number of hydrogen-bond donors (Lipinski definition) is 1. The van der Waals surface area contributed by atoms with Gasteiger partial charge >= 0.3 is 6.18 Å². The van der Waals surface area contributed by atoms with Gasteiger partial charge < -0.3 is 10.2 Å². The number of rotatable bonds is 3. The van der Waals surface area contributed by atoms with Gasteiger partial charge in [-0.2, -0.15) is 13.2 Å². The van der Waals surface area contributed by atoms with Crippen LogP contribution in [0.15, 0.2) is 48.5 Å². The lowest BCUT2D eigenvalue weighted by atomic mass is 10.0. The van der Waals surface area contributed by atoms with E-state index in [2.05, 4.69) is 5.32 Å². The highest BCUT2D eigenvalue weighted by atomic mass is 19.4. The highest BCUT2D eigenvalue weighted by molar-refractivity contribution is 6.01. The minimum Gasteiger partial charge on any atom is -0.361 e. The zero-order valence-corrected chi connectivity index (χ0v) is 13.1. The fourth-order valence-electron chi connectivity index (χ4n) is 2.91. The van der Waals surface area contributed by atoms with E-state index in [1.165, 1.54) is 6.07 Å². The number of alkyl halides is 3. The van der Waals surface area contributed by atoms with E-state index < -0.39 is 17.9 Å². The highest BCUT2D eigenvalue weighted by Gasteiger charge is 2.35. The van der Waals surface area contributed by atoms with Crippen LogP contribution in [0, 0.1) is 0 Å². The van der Waals surface area contributed by atoms with Crippen LogP contribution in [-0.4, -0.2) is 17.4 Å². The molecule has 126 valence electrons. The van der Waals surface area contributed by atoms with Gasteiger partial charge in [0.1, 0.15) is 6.17 Å². The van der Waals surface area contributed by atoms with Crippen LogP contribution in [0.25, 0.3) is 0 Å². The molecule has 0 bridgehead atoms. The summed E-state index contributed by atoms with van der Waals surface area (Å²) in [6.07, 6.45) is -4.32. The van der Waals surface area contributed by atoms with Crippen LogP contribution in [0.5, 0.6) is 0 Å². The first-order valence-electron chi connectivity index (χ1n) is 7.75. The molecule has 6 heteroatoms. The molecule has 1 aliphatic heterocycles. The molecule has 1 unspecified atom stereocenters. The van der Waals surface area contributed by atoms with Crippen LogP contribution in [0.4, 0.5) is 18.9 Å². The maximum atomic E-state index is 13.0. The number of para-hydroxylation sites is 1. The third kappa shape index (κ3) is 2.96. The fraction of sp³-hybridized carbons (Fsp3) is 0.278. The molecule has 1 N–H and O–H groups in total. The summed E-state index contributed by atoms with van der Waals surface area (Å²) in [5.74, 6) is -0.173. The molecule has 1 heterocycles. The van der Waals surface area contributed by atoms with Gasteiger partial charge in [0.05, 0.1) is 11.1 Å². The number of hydrogen-bond acceptors (Lipinski definition) is 2. The molecule has 3 nitrogen and oxygen atoms in total. The molecule has 24 heavy (non-hydrogen) atoms. The van der Waals surface area contributed by atoms with E-state index >= 15 is 0 Å². The lowest BCUT2D eigenvalue weighted by molar-refractivity contribution is -0.137. The standard InChI is InChI=1S/C18H17F3N2O/c1-2-10-23-16(12-6-5-7-13(11-12)18(19,20)21)22-15-9-4-3-8-14(15)17(23)24/h3-9,11,16,22H,2,10H2,1H3. The molecule has 2 aromatic carbocycles. The number of amides is 1. The number of fused-ring (bicyclic) bond motifs is 1. The monoisotopic (exact) mass is 334 g/mol. The smallest absolute Gasteiger partial charge is 0.361 e. The van der Waals surface area contributed by atoms with E-state index in [4.69, 9.17) is 0 Å². The van der Waals surface area contributed by atoms with Gasteiger partial charge in [0.15, 0.2) is 0 Å². The predicted molar refractivity (Wildman–Crippen MR) is 85.6 cm³/mol. The summed E-state index contributed by atoms with van der Waals surface area (Å²) in [6.45, 7) is 2.39. The van der Waals surface area contributed by atoms with Gasteiger partial charge in [0, 0.05) is 12.2 Å². The lowest BCUT2D eigenvalue weighted by Gasteiger charge is -2.38. The van der Waals surface area contributed by atoms with Crippen molar-refractivity contribution in [2.45, 2.75) is 25.7 Å². The van der Waals surface area contributed by atoms with Gasteiger partial charge in [-0.05, 0) is 36.2 Å². The van der Waals surface area contributed by atoms with Crippen molar-refractivity contribution in [3.63, 3.8) is 0 Å². The van der Waals surface area contributed by atoms with Gasteiger partial charge in [-0.15, -0.1) is 0 Å². The first-order valence-corrected chi connectivity index (χ1v) is 7.75. The molecule has 0 radical (unpaired) electrons. The molecule has 0 aromatic heterocycles. The molecule has 2 aromatic rings. The maximum absolute atomic E-state index is 13.0. The summed E-state index contributed by atoms with van der Waals surface area (Å²) in [6, 6.07) is 12.2. The van der Waals surface area contributed by atoms with Crippen LogP contribution in [0.3, 0.4) is 0 Å². The minimum atomic E-state index is -4.41. The summed E-state index contributed by atoms with van der Waals surface area (Å²) < 4.78 is 39.0. The molecule has 0 fully saturated rings. The average Bonchev–Trinajstić information content (AvgIpc) is 2.57. The molecule has 1 amide bonds. The van der Waals surface area contributed by atoms with Gasteiger partial charge in [-0.1, -0.05) is 31.2 Å². The molecule has 1 aliphatic rings. The number of benzene rings is 2. The number of anilines is 1. The largest absolute Gasteiger partial charge is 0.416 e. The fourth-order valence-corrected chi connectivity index (χ4v) is 2.91. The third-order valence-electron chi connectivity index (χ3n) is 4.02. The topological polar surface area (TPSA) is 32.3 Å². The van der Waals surface area contributed by atoms with E-state index in [0.717, 1.165) is 12.1 Å². The lowest BCUT2D eigenvalue weighted by Crippen LogP contribution is -2.43. The molecule has 0 saturated heterocycles. The van der Waals surface area contributed by atoms with Crippen molar-refractivity contribution in [1.29, 1.82) is 0 Å². The Bertz CT molecular complexity index is 758. The molecule has 1 atom stereocenters. The second kappa shape index (κ2) is 6.19. The summed E-state index contributed by atoms with van der Waals surface area (Å²) in [7, 11) is 0. The van der Waals surface area contributed by atoms with Crippen molar-refractivity contribution in [3.05, 3.63) is 65.2 Å². The molecular weight excluding hydrogens is 317 g/mol.